The van der Waals surface area contributed by atoms with Crippen molar-refractivity contribution in [3.8, 4) is 0 Å². The van der Waals surface area contributed by atoms with Crippen LogP contribution in [0.4, 0.5) is 0 Å². The van der Waals surface area contributed by atoms with Gasteiger partial charge >= 0.3 is 0 Å². The molecular formula is C9H15N3OS. The first-order chi connectivity index (χ1) is 6.56. The molecule has 0 aliphatic carbocycles. The fourth-order valence-electron chi connectivity index (χ4n) is 1.42. The van der Waals surface area contributed by atoms with Crippen LogP contribution in [0.25, 0.3) is 0 Å². The molecule has 0 aliphatic rings. The highest BCUT2D eigenvalue weighted by Crippen LogP contribution is 2.13. The highest BCUT2D eigenvalue weighted by molar-refractivity contribution is 7.71. The van der Waals surface area contributed by atoms with Crippen molar-refractivity contribution in [3.05, 3.63) is 26.4 Å². The first-order valence-electron chi connectivity index (χ1n) is 4.61. The average Bonchev–Trinajstić information content (AvgIpc) is 2.09. The zero-order valence-electron chi connectivity index (χ0n) is 8.39. The molecule has 0 aromatic carbocycles. The molecule has 0 saturated carbocycles. The Labute approximate surface area is 87.6 Å². The zero-order chi connectivity index (χ0) is 10.7. The zero-order valence-corrected chi connectivity index (χ0v) is 9.20. The van der Waals surface area contributed by atoms with Gasteiger partial charge in [-0.05, 0) is 31.1 Å². The highest BCUT2D eigenvalue weighted by Gasteiger charge is 2.10. The van der Waals surface area contributed by atoms with Crippen LogP contribution < -0.4 is 11.3 Å². The maximum absolute atomic E-state index is 11.6. The number of rotatable bonds is 3. The summed E-state index contributed by atoms with van der Waals surface area (Å²) in [4.78, 5) is 17.1. The van der Waals surface area contributed by atoms with E-state index in [1.54, 1.807) is 0 Å². The van der Waals surface area contributed by atoms with Crippen LogP contribution in [0.5, 0.6) is 0 Å². The number of aromatic amines is 2. The maximum Gasteiger partial charge on any atom is 0.255 e. The standard InChI is InChI=1S/C9H15N3OS/c1-5(2)7-6(3-4-10)8(13)12-9(14)11-7/h5H,3-4,10H2,1-2H3,(H2,11,12,13,14). The molecule has 0 fully saturated rings. The number of hydrogen-bond acceptors (Lipinski definition) is 3. The van der Waals surface area contributed by atoms with Crippen LogP contribution in [0.3, 0.4) is 0 Å². The van der Waals surface area contributed by atoms with Gasteiger partial charge in [0.05, 0.1) is 0 Å². The van der Waals surface area contributed by atoms with Crippen molar-refractivity contribution >= 4 is 12.2 Å². The molecule has 78 valence electrons. The van der Waals surface area contributed by atoms with Crippen LogP contribution in [0, 0.1) is 4.77 Å². The van der Waals surface area contributed by atoms with E-state index in [4.69, 9.17) is 18.0 Å². The average molecular weight is 213 g/mol. The van der Waals surface area contributed by atoms with E-state index < -0.39 is 0 Å². The van der Waals surface area contributed by atoms with Crippen molar-refractivity contribution in [1.29, 1.82) is 0 Å². The van der Waals surface area contributed by atoms with Crippen LogP contribution in [0.15, 0.2) is 4.79 Å². The molecule has 5 heteroatoms. The Morgan fingerprint density at radius 3 is 2.57 bits per heavy atom. The molecular weight excluding hydrogens is 198 g/mol. The molecule has 1 aromatic heterocycles. The predicted molar refractivity (Wildman–Crippen MR) is 59.1 cm³/mol. The Kier molecular flexibility index (Phi) is 3.60. The fraction of sp³-hybridized carbons (Fsp3) is 0.556. The van der Waals surface area contributed by atoms with Crippen molar-refractivity contribution in [3.63, 3.8) is 0 Å². The second-order valence-electron chi connectivity index (χ2n) is 3.49. The van der Waals surface area contributed by atoms with Gasteiger partial charge < -0.3 is 10.7 Å². The third-order valence-corrected chi connectivity index (χ3v) is 2.25. The largest absolute Gasteiger partial charge is 0.335 e. The van der Waals surface area contributed by atoms with Gasteiger partial charge in [-0.3, -0.25) is 9.78 Å². The molecule has 1 rings (SSSR count). The van der Waals surface area contributed by atoms with Gasteiger partial charge in [0.15, 0.2) is 4.77 Å². The van der Waals surface area contributed by atoms with Crippen molar-refractivity contribution < 1.29 is 0 Å². The molecule has 0 saturated heterocycles. The van der Waals surface area contributed by atoms with Crippen molar-refractivity contribution in [2.45, 2.75) is 26.2 Å². The first-order valence-corrected chi connectivity index (χ1v) is 5.02. The van der Waals surface area contributed by atoms with Gasteiger partial charge in [-0.25, -0.2) is 0 Å². The number of aromatic nitrogens is 2. The first kappa shape index (κ1) is 11.1. The Morgan fingerprint density at radius 1 is 1.43 bits per heavy atom. The lowest BCUT2D eigenvalue weighted by Crippen LogP contribution is -2.21. The minimum atomic E-state index is -0.122. The van der Waals surface area contributed by atoms with Gasteiger partial charge in [-0.2, -0.15) is 0 Å². The van der Waals surface area contributed by atoms with Crippen LogP contribution in [0.1, 0.15) is 31.0 Å². The summed E-state index contributed by atoms with van der Waals surface area (Å²) in [5, 5.41) is 0. The van der Waals surface area contributed by atoms with Gasteiger partial charge in [0.2, 0.25) is 0 Å². The van der Waals surface area contributed by atoms with Gasteiger partial charge in [-0.1, -0.05) is 13.8 Å². The lowest BCUT2D eigenvalue weighted by molar-refractivity contribution is 0.766. The minimum Gasteiger partial charge on any atom is -0.335 e. The van der Waals surface area contributed by atoms with E-state index in [9.17, 15) is 4.79 Å². The smallest absolute Gasteiger partial charge is 0.255 e. The summed E-state index contributed by atoms with van der Waals surface area (Å²) in [5.74, 6) is 0.251. The van der Waals surface area contributed by atoms with Crippen LogP contribution in [0.2, 0.25) is 0 Å². The van der Waals surface area contributed by atoms with Gasteiger partial charge in [-0.15, -0.1) is 0 Å². The normalized spacial score (nSPS) is 10.9. The number of nitrogens with one attached hydrogen (secondary N) is 2. The monoisotopic (exact) mass is 213 g/mol. The Hall–Kier alpha value is -0.940. The molecule has 0 amide bonds. The van der Waals surface area contributed by atoms with Crippen molar-refractivity contribution in [2.75, 3.05) is 6.54 Å². The summed E-state index contributed by atoms with van der Waals surface area (Å²) in [5.41, 5.74) is 6.93. The third kappa shape index (κ3) is 2.30. The number of nitrogens with two attached hydrogens (primary N) is 1. The van der Waals surface area contributed by atoms with E-state index in [0.717, 1.165) is 11.3 Å². The fourth-order valence-corrected chi connectivity index (χ4v) is 1.62. The molecule has 14 heavy (non-hydrogen) atoms. The SMILES string of the molecule is CC(C)c1[nH]c(=S)[nH]c(=O)c1CCN. The molecule has 0 aliphatic heterocycles. The second-order valence-corrected chi connectivity index (χ2v) is 3.90. The van der Waals surface area contributed by atoms with Crippen LogP contribution in [-0.2, 0) is 6.42 Å². The molecule has 0 atom stereocenters. The van der Waals surface area contributed by atoms with Crippen molar-refractivity contribution in [1.82, 2.24) is 9.97 Å². The van der Waals surface area contributed by atoms with Crippen LogP contribution in [-0.4, -0.2) is 16.5 Å². The topological polar surface area (TPSA) is 74.7 Å². The molecule has 0 radical (unpaired) electrons. The maximum atomic E-state index is 11.6. The molecule has 0 bridgehead atoms. The molecule has 0 unspecified atom stereocenters. The van der Waals surface area contributed by atoms with Gasteiger partial charge in [0, 0.05) is 11.3 Å². The van der Waals surface area contributed by atoms with Gasteiger partial charge in [0.25, 0.3) is 5.56 Å². The van der Waals surface area contributed by atoms with Crippen molar-refractivity contribution in [2.24, 2.45) is 5.73 Å². The summed E-state index contributed by atoms with van der Waals surface area (Å²) in [6, 6.07) is 0. The second kappa shape index (κ2) is 4.52. The number of H-pyrrole nitrogens is 2. The Bertz CT molecular complexity index is 419. The minimum absolute atomic E-state index is 0.122. The Morgan fingerprint density at radius 2 is 2.07 bits per heavy atom. The summed E-state index contributed by atoms with van der Waals surface area (Å²) < 4.78 is 0.375. The Balaban J connectivity index is 3.36. The summed E-state index contributed by atoms with van der Waals surface area (Å²) in [6.07, 6.45) is 0.578. The molecule has 1 aromatic rings. The molecule has 4 nitrogen and oxygen atoms in total. The van der Waals surface area contributed by atoms with E-state index >= 15 is 0 Å². The summed E-state index contributed by atoms with van der Waals surface area (Å²) in [6.45, 7) is 4.49. The third-order valence-electron chi connectivity index (χ3n) is 2.05. The van der Waals surface area contributed by atoms with E-state index in [0.29, 0.717) is 17.7 Å². The lowest BCUT2D eigenvalue weighted by atomic mass is 10.0. The quantitative estimate of drug-likeness (QED) is 0.657. The summed E-state index contributed by atoms with van der Waals surface area (Å²) >= 11 is 4.91. The predicted octanol–water partition coefficient (Wildman–Crippen LogP) is 1.06. The molecule has 0 spiro atoms. The van der Waals surface area contributed by atoms with E-state index in [1.165, 1.54) is 0 Å². The number of hydrogen-bond donors (Lipinski definition) is 3. The van der Waals surface area contributed by atoms with E-state index in [-0.39, 0.29) is 11.5 Å². The lowest BCUT2D eigenvalue weighted by Gasteiger charge is -2.10. The molecule has 4 N–H and O–H groups in total. The highest BCUT2D eigenvalue weighted by atomic mass is 32.1. The molecule has 1 heterocycles. The van der Waals surface area contributed by atoms with Gasteiger partial charge in [0.1, 0.15) is 0 Å². The van der Waals surface area contributed by atoms with Crippen LogP contribution >= 0.6 is 12.2 Å². The summed E-state index contributed by atoms with van der Waals surface area (Å²) in [7, 11) is 0. The van der Waals surface area contributed by atoms with E-state index in [2.05, 4.69) is 9.97 Å². The van der Waals surface area contributed by atoms with E-state index in [1.807, 2.05) is 13.8 Å².